The number of nitrogens with zero attached hydrogens (tertiary/aromatic N) is 1. The molecule has 2 rings (SSSR count). The van der Waals surface area contributed by atoms with Crippen LogP contribution in [0.4, 0.5) is 4.39 Å². The normalized spacial score (nSPS) is 17.0. The van der Waals surface area contributed by atoms with Crippen molar-refractivity contribution in [2.75, 3.05) is 0 Å². The van der Waals surface area contributed by atoms with Crippen LogP contribution in [0.25, 0.3) is 11.1 Å². The Morgan fingerprint density at radius 2 is 1.69 bits per heavy atom. The fourth-order valence-electron chi connectivity index (χ4n) is 4.10. The number of carbonyl (C=O) groups is 1. The Hall–Kier alpha value is -2.08. The van der Waals surface area contributed by atoms with Gasteiger partial charge < -0.3 is 15.1 Å². The Balaban J connectivity index is 3.11. The van der Waals surface area contributed by atoms with E-state index in [1.807, 2.05) is 34.6 Å². The third-order valence-corrected chi connectivity index (χ3v) is 7.88. The van der Waals surface area contributed by atoms with E-state index in [-0.39, 0.29) is 23.3 Å². The molecule has 1 heterocycles. The van der Waals surface area contributed by atoms with Crippen molar-refractivity contribution in [2.24, 2.45) is 0 Å². The van der Waals surface area contributed by atoms with Gasteiger partial charge in [-0.3, -0.25) is 14.3 Å². The van der Waals surface area contributed by atoms with Crippen LogP contribution in [0, 0.1) is 5.82 Å². The summed E-state index contributed by atoms with van der Waals surface area (Å²) < 4.78 is 26.1. The average Bonchev–Trinajstić information content (AvgIpc) is 2.66. The zero-order valence-corrected chi connectivity index (χ0v) is 20.7. The maximum Gasteiger partial charge on any atom is 0.322 e. The molecule has 1 aromatic carbocycles. The van der Waals surface area contributed by atoms with Crippen molar-refractivity contribution in [1.82, 2.24) is 4.98 Å². The highest BCUT2D eigenvalue weighted by atomic mass is 31.1. The second-order valence-electron chi connectivity index (χ2n) is 9.67. The minimum atomic E-state index is -3.76. The molecule has 176 valence electrons. The smallest absolute Gasteiger partial charge is 0.322 e. The van der Waals surface area contributed by atoms with Crippen molar-refractivity contribution < 1.29 is 28.9 Å². The molecule has 0 aliphatic rings. The molecule has 3 unspecified atom stereocenters. The van der Waals surface area contributed by atoms with Crippen LogP contribution < -0.4 is 0 Å². The van der Waals surface area contributed by atoms with Crippen molar-refractivity contribution in [3.05, 3.63) is 53.1 Å². The van der Waals surface area contributed by atoms with E-state index in [0.717, 1.165) is 0 Å². The molecule has 0 saturated heterocycles. The molecule has 0 bridgehead atoms. The highest BCUT2D eigenvalue weighted by Gasteiger charge is 2.59. The van der Waals surface area contributed by atoms with Crippen LogP contribution in [-0.4, -0.2) is 31.2 Å². The van der Waals surface area contributed by atoms with Crippen LogP contribution in [0.1, 0.15) is 77.8 Å². The fourth-order valence-corrected chi connectivity index (χ4v) is 5.13. The summed E-state index contributed by atoms with van der Waals surface area (Å²) in [6, 6.07) is 7.38. The maximum absolute atomic E-state index is 13.7. The zero-order chi connectivity index (χ0) is 24.6. The lowest BCUT2D eigenvalue weighted by atomic mass is 9.74. The highest BCUT2D eigenvalue weighted by molar-refractivity contribution is 7.41. The first-order chi connectivity index (χ1) is 14.6. The number of pyridine rings is 1. The lowest BCUT2D eigenvalue weighted by Gasteiger charge is -2.42. The topological polar surface area (TPSA) is 108 Å². The molecule has 0 fully saturated rings. The number of halogens is 1. The first kappa shape index (κ1) is 26.2. The second-order valence-corrected chi connectivity index (χ2v) is 11.1. The third-order valence-electron chi connectivity index (χ3n) is 6.10. The standard InChI is InChI=1S/C24H33FNO5P/c1-8-24(21(27)28,32(30)31)23(7,29)19-17(15-9-11-16(25)12-10-15)13-18(22(4,5)6)26-20(19)14(2)3/h9-14,29,32H,8H2,1-7H3,(H,27,28)(H,30,31). The monoisotopic (exact) mass is 465 g/mol. The summed E-state index contributed by atoms with van der Waals surface area (Å²) in [6.45, 7) is 12.4. The van der Waals surface area contributed by atoms with E-state index >= 15 is 0 Å². The van der Waals surface area contributed by atoms with Crippen LogP contribution >= 0.6 is 8.03 Å². The van der Waals surface area contributed by atoms with Crippen molar-refractivity contribution >= 4 is 14.0 Å². The molecular weight excluding hydrogens is 432 g/mol. The number of benzene rings is 1. The summed E-state index contributed by atoms with van der Waals surface area (Å²) in [4.78, 5) is 27.3. The molecule has 0 amide bonds. The molecule has 0 saturated carbocycles. The van der Waals surface area contributed by atoms with E-state index in [1.54, 1.807) is 6.07 Å². The number of carboxylic acids is 1. The molecule has 0 aliphatic carbocycles. The lowest BCUT2D eigenvalue weighted by molar-refractivity contribution is -0.149. The fraction of sp³-hybridized carbons (Fsp3) is 0.500. The van der Waals surface area contributed by atoms with Crippen LogP contribution in [0.3, 0.4) is 0 Å². The molecule has 0 radical (unpaired) electrons. The van der Waals surface area contributed by atoms with Gasteiger partial charge in [0, 0.05) is 22.4 Å². The molecular formula is C24H33FNO5P. The number of rotatable bonds is 7. The summed E-state index contributed by atoms with van der Waals surface area (Å²) >= 11 is 0. The average molecular weight is 466 g/mol. The van der Waals surface area contributed by atoms with Crippen molar-refractivity contribution in [1.29, 1.82) is 0 Å². The van der Waals surface area contributed by atoms with Gasteiger partial charge in [0.2, 0.25) is 8.03 Å². The molecule has 32 heavy (non-hydrogen) atoms. The van der Waals surface area contributed by atoms with Gasteiger partial charge in [-0.15, -0.1) is 0 Å². The van der Waals surface area contributed by atoms with Gasteiger partial charge in [-0.1, -0.05) is 53.7 Å². The highest BCUT2D eigenvalue weighted by Crippen LogP contribution is 2.54. The van der Waals surface area contributed by atoms with Gasteiger partial charge in [0.25, 0.3) is 0 Å². The van der Waals surface area contributed by atoms with Gasteiger partial charge in [0.1, 0.15) is 11.4 Å². The van der Waals surface area contributed by atoms with Gasteiger partial charge >= 0.3 is 5.97 Å². The third kappa shape index (κ3) is 4.39. The Kier molecular flexibility index (Phi) is 7.40. The van der Waals surface area contributed by atoms with Crippen LogP contribution in [0.15, 0.2) is 30.3 Å². The van der Waals surface area contributed by atoms with Crippen molar-refractivity contribution in [3.8, 4) is 11.1 Å². The second kappa shape index (κ2) is 9.05. The number of aromatic nitrogens is 1. The first-order valence-corrected chi connectivity index (χ1v) is 12.0. The molecule has 6 nitrogen and oxygen atoms in total. The number of hydrogen-bond donors (Lipinski definition) is 3. The molecule has 0 spiro atoms. The Morgan fingerprint density at radius 1 is 1.16 bits per heavy atom. The Bertz CT molecular complexity index is 1010. The summed E-state index contributed by atoms with van der Waals surface area (Å²) in [6.07, 6.45) is -0.273. The largest absolute Gasteiger partial charge is 0.480 e. The summed E-state index contributed by atoms with van der Waals surface area (Å²) in [5, 5.41) is 19.5. The quantitative estimate of drug-likeness (QED) is 0.484. The number of hydrogen-bond acceptors (Lipinski definition) is 4. The van der Waals surface area contributed by atoms with Gasteiger partial charge in [-0.25, -0.2) is 4.39 Å². The SMILES string of the molecule is CCC(C(=O)O)([PH](=O)O)C(C)(O)c1c(-c2ccc(F)cc2)cc(C(C)(C)C)nc1C(C)C. The molecule has 0 aliphatic heterocycles. The first-order valence-electron chi connectivity index (χ1n) is 10.6. The van der Waals surface area contributed by atoms with E-state index in [4.69, 9.17) is 4.98 Å². The summed E-state index contributed by atoms with van der Waals surface area (Å²) in [5.41, 5.74) is -0.306. The predicted molar refractivity (Wildman–Crippen MR) is 124 cm³/mol. The number of carboxylic acid groups (broad SMARTS) is 1. The number of aliphatic carboxylic acids is 1. The van der Waals surface area contributed by atoms with Gasteiger partial charge in [-0.05, 0) is 48.6 Å². The van der Waals surface area contributed by atoms with E-state index < -0.39 is 30.6 Å². The molecule has 2 aromatic rings. The molecule has 1 aromatic heterocycles. The van der Waals surface area contributed by atoms with Crippen molar-refractivity contribution in [3.63, 3.8) is 0 Å². The molecule has 8 heteroatoms. The summed E-state index contributed by atoms with van der Waals surface area (Å²) in [5.74, 6) is -2.23. The van der Waals surface area contributed by atoms with E-state index in [9.17, 15) is 28.9 Å². The Labute approximate surface area is 189 Å². The van der Waals surface area contributed by atoms with Crippen LogP contribution in [0.5, 0.6) is 0 Å². The zero-order valence-electron chi connectivity index (χ0n) is 19.7. The molecule has 3 atom stereocenters. The van der Waals surface area contributed by atoms with E-state index in [1.165, 1.54) is 38.1 Å². The number of aliphatic hydroxyl groups is 1. The van der Waals surface area contributed by atoms with E-state index in [0.29, 0.717) is 22.5 Å². The van der Waals surface area contributed by atoms with E-state index in [2.05, 4.69) is 0 Å². The maximum atomic E-state index is 13.7. The molecule has 3 N–H and O–H groups in total. The predicted octanol–water partition coefficient (Wildman–Crippen LogP) is 5.22. The minimum absolute atomic E-state index is 0.170. The van der Waals surface area contributed by atoms with Crippen LogP contribution in [-0.2, 0) is 20.4 Å². The Morgan fingerprint density at radius 3 is 2.06 bits per heavy atom. The van der Waals surface area contributed by atoms with Crippen molar-refractivity contribution in [2.45, 2.75) is 77.0 Å². The van der Waals surface area contributed by atoms with Gasteiger partial charge in [0.15, 0.2) is 5.16 Å². The minimum Gasteiger partial charge on any atom is -0.480 e. The van der Waals surface area contributed by atoms with Gasteiger partial charge in [0.05, 0.1) is 0 Å². The van der Waals surface area contributed by atoms with Crippen LogP contribution in [0.2, 0.25) is 0 Å². The summed E-state index contributed by atoms with van der Waals surface area (Å²) in [7, 11) is -3.76. The lowest BCUT2D eigenvalue weighted by Crippen LogP contribution is -2.53. The van der Waals surface area contributed by atoms with Gasteiger partial charge in [-0.2, -0.15) is 0 Å².